The Bertz CT molecular complexity index is 898. The van der Waals surface area contributed by atoms with Gasteiger partial charge in [-0.15, -0.1) is 12.4 Å². The summed E-state index contributed by atoms with van der Waals surface area (Å²) in [5.41, 5.74) is 6.83. The molecule has 0 bridgehead atoms. The van der Waals surface area contributed by atoms with E-state index in [0.717, 1.165) is 45.1 Å². The van der Waals surface area contributed by atoms with Crippen LogP contribution in [-0.4, -0.2) is 83.5 Å². The fourth-order valence-corrected chi connectivity index (χ4v) is 4.70. The van der Waals surface area contributed by atoms with E-state index in [4.69, 9.17) is 16.2 Å². The van der Waals surface area contributed by atoms with Gasteiger partial charge >= 0.3 is 5.97 Å². The summed E-state index contributed by atoms with van der Waals surface area (Å²) in [4.78, 5) is 40.8. The number of carboxylic acids is 1. The van der Waals surface area contributed by atoms with E-state index in [1.807, 2.05) is 23.1 Å². The Morgan fingerprint density at radius 1 is 1.19 bits per heavy atom. The summed E-state index contributed by atoms with van der Waals surface area (Å²) >= 11 is 0. The Morgan fingerprint density at radius 2 is 1.92 bits per heavy atom. The van der Waals surface area contributed by atoms with Crippen molar-refractivity contribution in [3.63, 3.8) is 0 Å². The molecule has 11 heteroatoms. The molecule has 0 spiro atoms. The summed E-state index contributed by atoms with van der Waals surface area (Å²) in [7, 11) is 0. The number of hydrogen-bond donors (Lipinski definition) is 5. The van der Waals surface area contributed by atoms with Gasteiger partial charge in [0.1, 0.15) is 0 Å². The van der Waals surface area contributed by atoms with E-state index < -0.39 is 12.0 Å². The number of rotatable bonds is 14. The van der Waals surface area contributed by atoms with Crippen LogP contribution in [0, 0.1) is 11.3 Å². The Kier molecular flexibility index (Phi) is 12.7. The molecule has 1 saturated heterocycles. The lowest BCUT2D eigenvalue weighted by molar-refractivity contribution is -0.140. The smallest absolute Gasteiger partial charge is 0.305 e. The van der Waals surface area contributed by atoms with Crippen LogP contribution in [-0.2, 0) is 20.8 Å². The van der Waals surface area contributed by atoms with Gasteiger partial charge in [-0.25, -0.2) is 0 Å². The van der Waals surface area contributed by atoms with Crippen molar-refractivity contribution in [3.05, 3.63) is 35.9 Å². The molecule has 1 heterocycles. The fraction of sp³-hybridized carbons (Fsp3) is 0.615. The molecule has 1 aromatic rings. The first-order chi connectivity index (χ1) is 17.3. The fourth-order valence-electron chi connectivity index (χ4n) is 4.70. The number of aliphatic carboxylic acids is 1. The summed E-state index contributed by atoms with van der Waals surface area (Å²) < 4.78 is 0. The average Bonchev–Trinajstić information content (AvgIpc) is 3.70. The number of nitrogens with zero attached hydrogens (tertiary/aromatic N) is 2. The monoisotopic (exact) mass is 536 g/mol. The number of aryl methyl sites for hydroxylation is 1. The van der Waals surface area contributed by atoms with Crippen molar-refractivity contribution in [2.24, 2.45) is 11.7 Å². The Morgan fingerprint density at radius 3 is 2.57 bits per heavy atom. The summed E-state index contributed by atoms with van der Waals surface area (Å²) in [5.74, 6) is -1.09. The quantitative estimate of drug-likeness (QED) is 0.137. The van der Waals surface area contributed by atoms with Crippen LogP contribution in [0.5, 0.6) is 0 Å². The Labute approximate surface area is 225 Å². The van der Waals surface area contributed by atoms with E-state index in [9.17, 15) is 14.4 Å². The number of likely N-dealkylation sites (tertiary alicyclic amines) is 1. The van der Waals surface area contributed by atoms with Crippen molar-refractivity contribution in [2.75, 3.05) is 32.7 Å². The van der Waals surface area contributed by atoms with Crippen molar-refractivity contribution in [1.82, 2.24) is 20.4 Å². The van der Waals surface area contributed by atoms with Crippen LogP contribution in [0.1, 0.15) is 50.5 Å². The van der Waals surface area contributed by atoms with Gasteiger partial charge in [0.05, 0.1) is 18.9 Å². The molecule has 1 aliphatic heterocycles. The van der Waals surface area contributed by atoms with Gasteiger partial charge in [0, 0.05) is 32.2 Å². The number of carbonyl (C=O) groups is 3. The Balaban J connectivity index is 0.00000481. The number of carboxylic acid groups (broad SMARTS) is 1. The highest BCUT2D eigenvalue weighted by molar-refractivity contribution is 5.89. The van der Waals surface area contributed by atoms with Crippen LogP contribution < -0.4 is 16.4 Å². The lowest BCUT2D eigenvalue weighted by Gasteiger charge is -2.33. The van der Waals surface area contributed by atoms with Crippen LogP contribution in [0.15, 0.2) is 30.3 Å². The van der Waals surface area contributed by atoms with E-state index in [0.29, 0.717) is 19.6 Å². The third-order valence-electron chi connectivity index (χ3n) is 6.85. The molecule has 1 aromatic carbocycles. The zero-order valence-corrected chi connectivity index (χ0v) is 22.2. The number of hydrogen-bond acceptors (Lipinski definition) is 5. The number of piperidine rings is 1. The maximum atomic E-state index is 13.4. The van der Waals surface area contributed by atoms with Gasteiger partial charge in [0.25, 0.3) is 0 Å². The van der Waals surface area contributed by atoms with Gasteiger partial charge < -0.3 is 31.3 Å². The average molecular weight is 537 g/mol. The predicted molar refractivity (Wildman–Crippen MR) is 145 cm³/mol. The summed E-state index contributed by atoms with van der Waals surface area (Å²) in [6.07, 6.45) is 5.18. The number of halogens is 1. The molecule has 37 heavy (non-hydrogen) atoms. The van der Waals surface area contributed by atoms with Crippen molar-refractivity contribution >= 4 is 36.2 Å². The topological polar surface area (TPSA) is 152 Å². The molecule has 0 radical (unpaired) electrons. The van der Waals surface area contributed by atoms with Gasteiger partial charge in [-0.3, -0.25) is 19.8 Å². The molecule has 10 nitrogen and oxygen atoms in total. The minimum absolute atomic E-state index is 0. The molecular weight excluding hydrogens is 496 g/mol. The van der Waals surface area contributed by atoms with E-state index in [-0.39, 0.29) is 61.5 Å². The highest BCUT2D eigenvalue weighted by atomic mass is 35.5. The largest absolute Gasteiger partial charge is 0.481 e. The molecule has 2 atom stereocenters. The molecule has 3 rings (SSSR count). The van der Waals surface area contributed by atoms with Crippen molar-refractivity contribution in [3.8, 4) is 0 Å². The number of guanidine groups is 1. The van der Waals surface area contributed by atoms with Crippen molar-refractivity contribution in [2.45, 2.75) is 63.5 Å². The number of nitrogens with two attached hydrogens (primary N) is 1. The third-order valence-corrected chi connectivity index (χ3v) is 6.85. The highest BCUT2D eigenvalue weighted by Gasteiger charge is 2.36. The lowest BCUT2D eigenvalue weighted by Crippen LogP contribution is -2.51. The second-order valence-electron chi connectivity index (χ2n) is 9.85. The van der Waals surface area contributed by atoms with Gasteiger partial charge in [-0.2, -0.15) is 0 Å². The van der Waals surface area contributed by atoms with Crippen LogP contribution in [0.2, 0.25) is 0 Å². The van der Waals surface area contributed by atoms with Crippen LogP contribution in [0.3, 0.4) is 0 Å². The molecule has 1 saturated carbocycles. The first-order valence-corrected chi connectivity index (χ1v) is 13.0. The molecule has 2 amide bonds. The molecule has 6 N–H and O–H groups in total. The molecule has 0 aromatic heterocycles. The Hall–Kier alpha value is -2.85. The molecular formula is C26H41ClN6O4. The summed E-state index contributed by atoms with van der Waals surface area (Å²) in [6.45, 7) is 2.61. The SMILES string of the molecule is Cl.N=C(N)N1CCC[C@@H](CNC(=O)C[C@H](NCCCc2ccccc2)C(=O)N(CCC(=O)O)C2CC2)C1. The first kappa shape index (κ1) is 30.4. The molecule has 0 unspecified atom stereocenters. The minimum Gasteiger partial charge on any atom is -0.481 e. The highest BCUT2D eigenvalue weighted by Crippen LogP contribution is 2.28. The van der Waals surface area contributed by atoms with E-state index in [1.54, 1.807) is 4.90 Å². The standard InChI is InChI=1S/C26H40N6O4.ClH/c27-26(28)31-14-5-9-20(18-31)17-30-23(33)16-22(29-13-4-8-19-6-2-1-3-7-19)25(36)32(21-10-11-21)15-12-24(34)35;/h1-3,6-7,20-22,29H,4-5,8-18H2,(H3,27,28)(H,30,33)(H,34,35);1H/t20-,22-;/m0./s1. The molecule has 206 valence electrons. The number of benzene rings is 1. The second-order valence-corrected chi connectivity index (χ2v) is 9.85. The summed E-state index contributed by atoms with van der Waals surface area (Å²) in [6, 6.07) is 9.46. The van der Waals surface area contributed by atoms with Gasteiger partial charge in [-0.05, 0) is 56.6 Å². The van der Waals surface area contributed by atoms with E-state index >= 15 is 0 Å². The first-order valence-electron chi connectivity index (χ1n) is 13.0. The molecule has 1 aliphatic carbocycles. The molecule has 2 fully saturated rings. The van der Waals surface area contributed by atoms with Gasteiger partial charge in [-0.1, -0.05) is 30.3 Å². The minimum atomic E-state index is -0.939. The van der Waals surface area contributed by atoms with Crippen molar-refractivity contribution in [1.29, 1.82) is 5.41 Å². The van der Waals surface area contributed by atoms with E-state index in [1.165, 1.54) is 5.56 Å². The van der Waals surface area contributed by atoms with Crippen LogP contribution in [0.4, 0.5) is 0 Å². The zero-order chi connectivity index (χ0) is 25.9. The normalized spacial score (nSPS) is 17.8. The van der Waals surface area contributed by atoms with Gasteiger partial charge in [0.2, 0.25) is 11.8 Å². The number of carbonyl (C=O) groups excluding carboxylic acids is 2. The number of nitrogens with one attached hydrogen (secondary N) is 3. The maximum absolute atomic E-state index is 13.4. The molecule has 2 aliphatic rings. The second kappa shape index (κ2) is 15.4. The summed E-state index contributed by atoms with van der Waals surface area (Å²) in [5, 5.41) is 23.0. The van der Waals surface area contributed by atoms with Crippen LogP contribution in [0.25, 0.3) is 0 Å². The lowest BCUT2D eigenvalue weighted by atomic mass is 9.98. The number of amides is 2. The zero-order valence-electron chi connectivity index (χ0n) is 21.4. The van der Waals surface area contributed by atoms with Crippen molar-refractivity contribution < 1.29 is 19.5 Å². The third kappa shape index (κ3) is 10.6. The predicted octanol–water partition coefficient (Wildman–Crippen LogP) is 1.58. The van der Waals surface area contributed by atoms with E-state index in [2.05, 4.69) is 22.8 Å². The van der Waals surface area contributed by atoms with Crippen LogP contribution >= 0.6 is 12.4 Å². The maximum Gasteiger partial charge on any atom is 0.305 e. The van der Waals surface area contributed by atoms with Gasteiger partial charge in [0.15, 0.2) is 5.96 Å².